The Morgan fingerprint density at radius 1 is 1.36 bits per heavy atom. The lowest BCUT2D eigenvalue weighted by Gasteiger charge is -2.29. The lowest BCUT2D eigenvalue weighted by Crippen LogP contribution is -2.47. The Bertz CT molecular complexity index is 756. The van der Waals surface area contributed by atoms with Crippen LogP contribution in [0.5, 0.6) is 0 Å². The van der Waals surface area contributed by atoms with E-state index in [2.05, 4.69) is 10.4 Å². The highest BCUT2D eigenvalue weighted by Gasteiger charge is 2.16. The van der Waals surface area contributed by atoms with E-state index in [1.54, 1.807) is 6.07 Å². The first-order valence-electron chi connectivity index (χ1n) is 6.90. The molecule has 1 aromatic carbocycles. The van der Waals surface area contributed by atoms with Gasteiger partial charge in [-0.1, -0.05) is 23.9 Å². The molecule has 0 unspecified atom stereocenters. The molecule has 3 rings (SSSR count). The van der Waals surface area contributed by atoms with Gasteiger partial charge in [0, 0.05) is 13.1 Å². The minimum Gasteiger partial charge on any atom is -0.378 e. The van der Waals surface area contributed by atoms with Crippen molar-refractivity contribution in [3.8, 4) is 0 Å². The van der Waals surface area contributed by atoms with Gasteiger partial charge in [-0.2, -0.15) is 4.68 Å². The molecule has 6 nitrogen and oxygen atoms in total. The van der Waals surface area contributed by atoms with Gasteiger partial charge in [-0.05, 0) is 30.6 Å². The molecule has 2 heterocycles. The number of nitrogens with one attached hydrogen (secondary N) is 1. The Labute approximate surface area is 137 Å². The maximum atomic E-state index is 12.7. The Kier molecular flexibility index (Phi) is 4.60. The summed E-state index contributed by atoms with van der Waals surface area (Å²) in [6.07, 6.45) is 1.88. The van der Waals surface area contributed by atoms with E-state index in [1.165, 1.54) is 16.4 Å². The Balaban J connectivity index is 1.96. The molecule has 1 aliphatic rings. The second kappa shape index (κ2) is 6.64. The topological polar surface area (TPSA) is 59.4 Å². The number of aromatic nitrogens is 2. The van der Waals surface area contributed by atoms with Gasteiger partial charge in [0.15, 0.2) is 10.3 Å². The third kappa shape index (κ3) is 2.94. The van der Waals surface area contributed by atoms with Crippen LogP contribution in [0.25, 0.3) is 10.9 Å². The van der Waals surface area contributed by atoms with E-state index < -0.39 is 0 Å². The van der Waals surface area contributed by atoms with Gasteiger partial charge in [0.25, 0.3) is 5.56 Å². The van der Waals surface area contributed by atoms with Crippen molar-refractivity contribution in [1.29, 1.82) is 0 Å². The van der Waals surface area contributed by atoms with Crippen molar-refractivity contribution in [2.24, 2.45) is 0 Å². The van der Waals surface area contributed by atoms with E-state index in [0.29, 0.717) is 34.4 Å². The van der Waals surface area contributed by atoms with Crippen molar-refractivity contribution < 1.29 is 4.74 Å². The molecule has 2 aromatic rings. The standard InChI is InChI=1S/C14H16N4O2S2/c1-22-14-15-11-5-3-2-4-10(11)12(19)18(14)16-13(21)17-6-8-20-9-7-17/h2-5H,6-9H2,1H3,(H,16,21). The number of rotatable bonds is 2. The number of thiocarbonyl (C=S) groups is 1. The predicted octanol–water partition coefficient (Wildman–Crippen LogP) is 1.28. The summed E-state index contributed by atoms with van der Waals surface area (Å²) in [7, 11) is 0. The van der Waals surface area contributed by atoms with Gasteiger partial charge in [-0.15, -0.1) is 0 Å². The number of hydrogen-bond acceptors (Lipinski definition) is 5. The molecule has 0 spiro atoms. The van der Waals surface area contributed by atoms with Crippen LogP contribution < -0.4 is 11.0 Å². The normalized spacial score (nSPS) is 15.0. The second-order valence-electron chi connectivity index (χ2n) is 4.77. The van der Waals surface area contributed by atoms with E-state index in [4.69, 9.17) is 17.0 Å². The van der Waals surface area contributed by atoms with Gasteiger partial charge in [0.2, 0.25) is 0 Å². The fourth-order valence-electron chi connectivity index (χ4n) is 2.28. The number of para-hydroxylation sites is 1. The van der Waals surface area contributed by atoms with Gasteiger partial charge >= 0.3 is 0 Å². The van der Waals surface area contributed by atoms with Crippen molar-refractivity contribution in [3.63, 3.8) is 0 Å². The zero-order valence-corrected chi connectivity index (χ0v) is 13.7. The molecule has 22 heavy (non-hydrogen) atoms. The fraction of sp³-hybridized carbons (Fsp3) is 0.357. The third-order valence-corrected chi connectivity index (χ3v) is 4.42. The van der Waals surface area contributed by atoms with Crippen molar-refractivity contribution in [3.05, 3.63) is 34.6 Å². The maximum Gasteiger partial charge on any atom is 0.281 e. The molecule has 1 fully saturated rings. The molecular formula is C14H16N4O2S2. The zero-order valence-electron chi connectivity index (χ0n) is 12.1. The molecule has 1 aliphatic heterocycles. The van der Waals surface area contributed by atoms with Crippen LogP contribution in [-0.2, 0) is 4.74 Å². The van der Waals surface area contributed by atoms with E-state index in [1.807, 2.05) is 29.4 Å². The van der Waals surface area contributed by atoms with Gasteiger partial charge in [-0.3, -0.25) is 10.2 Å². The molecule has 0 bridgehead atoms. The first kappa shape index (κ1) is 15.3. The van der Waals surface area contributed by atoms with Crippen molar-refractivity contribution in [1.82, 2.24) is 14.6 Å². The molecule has 0 saturated carbocycles. The summed E-state index contributed by atoms with van der Waals surface area (Å²) in [5, 5.41) is 1.66. The summed E-state index contributed by atoms with van der Waals surface area (Å²) in [6.45, 7) is 2.72. The Morgan fingerprint density at radius 3 is 2.82 bits per heavy atom. The Morgan fingerprint density at radius 2 is 2.09 bits per heavy atom. The van der Waals surface area contributed by atoms with Crippen molar-refractivity contribution in [2.75, 3.05) is 38.0 Å². The number of benzene rings is 1. The summed E-state index contributed by atoms with van der Waals surface area (Å²) >= 11 is 6.81. The summed E-state index contributed by atoms with van der Waals surface area (Å²) < 4.78 is 6.73. The van der Waals surface area contributed by atoms with Crippen LogP contribution in [0, 0.1) is 0 Å². The molecule has 0 atom stereocenters. The van der Waals surface area contributed by atoms with Crippen LogP contribution in [0.2, 0.25) is 0 Å². The van der Waals surface area contributed by atoms with E-state index in [0.717, 1.165) is 13.1 Å². The van der Waals surface area contributed by atoms with E-state index in [9.17, 15) is 4.79 Å². The summed E-state index contributed by atoms with van der Waals surface area (Å²) in [4.78, 5) is 19.2. The highest BCUT2D eigenvalue weighted by atomic mass is 32.2. The number of nitrogens with zero attached hydrogens (tertiary/aromatic N) is 3. The molecular weight excluding hydrogens is 320 g/mol. The SMILES string of the molecule is CSc1nc2ccccc2c(=O)n1NC(=S)N1CCOCC1. The van der Waals surface area contributed by atoms with Crippen LogP contribution >= 0.6 is 24.0 Å². The summed E-state index contributed by atoms with van der Waals surface area (Å²) in [5.74, 6) is 0. The number of ether oxygens (including phenoxy) is 1. The lowest BCUT2D eigenvalue weighted by molar-refractivity contribution is 0.0687. The average molecular weight is 336 g/mol. The molecule has 8 heteroatoms. The lowest BCUT2D eigenvalue weighted by atomic mass is 10.2. The van der Waals surface area contributed by atoms with Gasteiger partial charge in [0.1, 0.15) is 0 Å². The van der Waals surface area contributed by atoms with Crippen molar-refractivity contribution >= 4 is 40.0 Å². The predicted molar refractivity (Wildman–Crippen MR) is 92.1 cm³/mol. The summed E-state index contributed by atoms with van der Waals surface area (Å²) in [5.41, 5.74) is 3.55. The molecule has 0 aliphatic carbocycles. The van der Waals surface area contributed by atoms with Crippen LogP contribution in [0.1, 0.15) is 0 Å². The highest BCUT2D eigenvalue weighted by Crippen LogP contribution is 2.14. The zero-order chi connectivity index (χ0) is 15.5. The monoisotopic (exact) mass is 336 g/mol. The van der Waals surface area contributed by atoms with Gasteiger partial charge < -0.3 is 9.64 Å². The third-order valence-electron chi connectivity index (χ3n) is 3.43. The first-order valence-corrected chi connectivity index (χ1v) is 8.53. The summed E-state index contributed by atoms with van der Waals surface area (Å²) in [6, 6.07) is 7.30. The first-order chi connectivity index (χ1) is 10.7. The number of fused-ring (bicyclic) bond motifs is 1. The average Bonchev–Trinajstić information content (AvgIpc) is 2.58. The van der Waals surface area contributed by atoms with Gasteiger partial charge in [-0.25, -0.2) is 4.98 Å². The molecule has 1 N–H and O–H groups in total. The van der Waals surface area contributed by atoms with E-state index in [-0.39, 0.29) is 5.56 Å². The quantitative estimate of drug-likeness (QED) is 0.504. The number of morpholine rings is 1. The largest absolute Gasteiger partial charge is 0.378 e. The molecule has 1 aromatic heterocycles. The van der Waals surface area contributed by atoms with Crippen LogP contribution in [0.3, 0.4) is 0 Å². The van der Waals surface area contributed by atoms with Gasteiger partial charge in [0.05, 0.1) is 24.1 Å². The minimum atomic E-state index is -0.148. The minimum absolute atomic E-state index is 0.148. The van der Waals surface area contributed by atoms with E-state index >= 15 is 0 Å². The Hall–Kier alpha value is -1.64. The van der Waals surface area contributed by atoms with Crippen LogP contribution in [0.4, 0.5) is 0 Å². The smallest absolute Gasteiger partial charge is 0.281 e. The number of thioether (sulfide) groups is 1. The van der Waals surface area contributed by atoms with Crippen LogP contribution in [0.15, 0.2) is 34.2 Å². The van der Waals surface area contributed by atoms with Crippen LogP contribution in [-0.4, -0.2) is 52.2 Å². The molecule has 1 saturated heterocycles. The highest BCUT2D eigenvalue weighted by molar-refractivity contribution is 7.98. The van der Waals surface area contributed by atoms with Crippen molar-refractivity contribution in [2.45, 2.75) is 5.16 Å². The maximum absolute atomic E-state index is 12.7. The molecule has 0 amide bonds. The molecule has 0 radical (unpaired) electrons. The number of hydrogen-bond donors (Lipinski definition) is 1. The molecule has 116 valence electrons. The second-order valence-corrected chi connectivity index (χ2v) is 5.93. The fourth-order valence-corrected chi connectivity index (χ4v) is 3.06.